The van der Waals surface area contributed by atoms with Gasteiger partial charge in [-0.05, 0) is 25.8 Å². The summed E-state index contributed by atoms with van der Waals surface area (Å²) in [5, 5.41) is 9.45. The highest BCUT2D eigenvalue weighted by molar-refractivity contribution is 6.20. The van der Waals surface area contributed by atoms with Gasteiger partial charge in [0.2, 0.25) is 0 Å². The molecule has 13 heavy (non-hydrogen) atoms. The zero-order valence-electron chi connectivity index (χ0n) is 8.00. The smallest absolute Gasteiger partial charge is 0.0612 e. The molecule has 1 nitrogen and oxygen atoms in total. The van der Waals surface area contributed by atoms with Gasteiger partial charge in [-0.2, -0.15) is 0 Å². The first-order valence-electron chi connectivity index (χ1n) is 4.40. The maximum absolute atomic E-state index is 9.56. The Bertz CT molecular complexity index is 251. The highest BCUT2D eigenvalue weighted by atomic mass is 35.5. The SMILES string of the molecule is CC(C)(O)CC(Cl)c1ccccc1. The van der Waals surface area contributed by atoms with E-state index in [1.807, 2.05) is 30.3 Å². The monoisotopic (exact) mass is 198 g/mol. The van der Waals surface area contributed by atoms with Gasteiger partial charge in [0, 0.05) is 0 Å². The molecule has 1 unspecified atom stereocenters. The molecular formula is C11H15ClO. The summed E-state index contributed by atoms with van der Waals surface area (Å²) in [7, 11) is 0. The number of aliphatic hydroxyl groups is 1. The van der Waals surface area contributed by atoms with Crippen LogP contribution in [0.2, 0.25) is 0 Å². The van der Waals surface area contributed by atoms with Gasteiger partial charge in [-0.1, -0.05) is 30.3 Å². The normalized spacial score (nSPS) is 14.2. The van der Waals surface area contributed by atoms with Crippen molar-refractivity contribution < 1.29 is 5.11 Å². The molecule has 0 saturated carbocycles. The molecule has 1 N–H and O–H groups in total. The Morgan fingerprint density at radius 1 is 1.31 bits per heavy atom. The third kappa shape index (κ3) is 3.79. The number of hydrogen-bond acceptors (Lipinski definition) is 1. The lowest BCUT2D eigenvalue weighted by Gasteiger charge is -2.20. The number of rotatable bonds is 3. The van der Waals surface area contributed by atoms with Crippen LogP contribution in [0.1, 0.15) is 31.2 Å². The van der Waals surface area contributed by atoms with E-state index >= 15 is 0 Å². The van der Waals surface area contributed by atoms with Gasteiger partial charge in [-0.3, -0.25) is 0 Å². The topological polar surface area (TPSA) is 20.2 Å². The first-order valence-corrected chi connectivity index (χ1v) is 4.84. The Morgan fingerprint density at radius 3 is 2.31 bits per heavy atom. The molecule has 0 aliphatic heterocycles. The molecule has 0 fully saturated rings. The van der Waals surface area contributed by atoms with Crippen LogP contribution in [0.3, 0.4) is 0 Å². The zero-order chi connectivity index (χ0) is 9.90. The van der Waals surface area contributed by atoms with Crippen LogP contribution in [-0.4, -0.2) is 10.7 Å². The number of halogens is 1. The lowest BCUT2D eigenvalue weighted by molar-refractivity contribution is 0.0700. The Balaban J connectivity index is 2.64. The van der Waals surface area contributed by atoms with E-state index in [1.165, 1.54) is 0 Å². The summed E-state index contributed by atoms with van der Waals surface area (Å²) in [5.41, 5.74) is 0.355. The molecule has 0 spiro atoms. The molecule has 0 amide bonds. The summed E-state index contributed by atoms with van der Waals surface area (Å²) in [6.45, 7) is 3.54. The highest BCUT2D eigenvalue weighted by Crippen LogP contribution is 2.29. The van der Waals surface area contributed by atoms with Gasteiger partial charge < -0.3 is 5.11 Å². The zero-order valence-corrected chi connectivity index (χ0v) is 8.75. The fourth-order valence-corrected chi connectivity index (χ4v) is 1.74. The van der Waals surface area contributed by atoms with Crippen molar-refractivity contribution in [1.29, 1.82) is 0 Å². The van der Waals surface area contributed by atoms with E-state index in [-0.39, 0.29) is 5.38 Å². The van der Waals surface area contributed by atoms with E-state index in [0.29, 0.717) is 6.42 Å². The molecule has 1 aromatic rings. The van der Waals surface area contributed by atoms with Gasteiger partial charge in [0.15, 0.2) is 0 Å². The molecule has 0 aromatic heterocycles. The first-order chi connectivity index (χ1) is 5.99. The number of hydrogen-bond donors (Lipinski definition) is 1. The van der Waals surface area contributed by atoms with E-state index in [0.717, 1.165) is 5.56 Å². The Hall–Kier alpha value is -0.530. The summed E-state index contributed by atoms with van der Waals surface area (Å²) < 4.78 is 0. The van der Waals surface area contributed by atoms with Crippen molar-refractivity contribution in [2.24, 2.45) is 0 Å². The van der Waals surface area contributed by atoms with Crippen LogP contribution in [0.25, 0.3) is 0 Å². The van der Waals surface area contributed by atoms with Gasteiger partial charge in [0.25, 0.3) is 0 Å². The van der Waals surface area contributed by atoms with Crippen LogP contribution in [0.5, 0.6) is 0 Å². The van der Waals surface area contributed by atoms with Crippen LogP contribution >= 0.6 is 11.6 Å². The molecule has 0 radical (unpaired) electrons. The van der Waals surface area contributed by atoms with Crippen LogP contribution < -0.4 is 0 Å². The Kier molecular flexibility index (Phi) is 3.34. The minimum atomic E-state index is -0.706. The average molecular weight is 199 g/mol. The molecule has 1 atom stereocenters. The third-order valence-corrected chi connectivity index (χ3v) is 2.25. The summed E-state index contributed by atoms with van der Waals surface area (Å²) in [4.78, 5) is 0. The predicted octanol–water partition coefficient (Wildman–Crippen LogP) is 3.13. The van der Waals surface area contributed by atoms with Crippen molar-refractivity contribution in [3.05, 3.63) is 35.9 Å². The quantitative estimate of drug-likeness (QED) is 0.740. The van der Waals surface area contributed by atoms with E-state index < -0.39 is 5.60 Å². The number of benzene rings is 1. The van der Waals surface area contributed by atoms with E-state index in [4.69, 9.17) is 11.6 Å². The van der Waals surface area contributed by atoms with Gasteiger partial charge in [-0.15, -0.1) is 11.6 Å². The molecule has 2 heteroatoms. The van der Waals surface area contributed by atoms with Crippen molar-refractivity contribution in [2.75, 3.05) is 0 Å². The Labute approximate surface area is 84.4 Å². The highest BCUT2D eigenvalue weighted by Gasteiger charge is 2.19. The van der Waals surface area contributed by atoms with Crippen molar-refractivity contribution in [3.8, 4) is 0 Å². The number of alkyl halides is 1. The Morgan fingerprint density at radius 2 is 1.85 bits per heavy atom. The molecule has 0 aliphatic carbocycles. The predicted molar refractivity (Wildman–Crippen MR) is 56.0 cm³/mol. The molecule has 0 saturated heterocycles. The second-order valence-electron chi connectivity index (χ2n) is 3.89. The fourth-order valence-electron chi connectivity index (χ4n) is 1.22. The summed E-state index contributed by atoms with van der Waals surface area (Å²) in [6.07, 6.45) is 0.568. The van der Waals surface area contributed by atoms with Crippen molar-refractivity contribution >= 4 is 11.6 Å². The molecule has 0 bridgehead atoms. The first kappa shape index (κ1) is 10.6. The minimum absolute atomic E-state index is 0.110. The van der Waals surface area contributed by atoms with Crippen molar-refractivity contribution in [2.45, 2.75) is 31.2 Å². The minimum Gasteiger partial charge on any atom is -0.390 e. The lowest BCUT2D eigenvalue weighted by Crippen LogP contribution is -2.20. The average Bonchev–Trinajstić information content (AvgIpc) is 2.03. The van der Waals surface area contributed by atoms with Crippen molar-refractivity contribution in [1.82, 2.24) is 0 Å². The summed E-state index contributed by atoms with van der Waals surface area (Å²) in [5.74, 6) is 0. The molecule has 0 heterocycles. The maximum atomic E-state index is 9.56. The largest absolute Gasteiger partial charge is 0.390 e. The molecule has 0 aliphatic rings. The summed E-state index contributed by atoms with van der Waals surface area (Å²) >= 11 is 6.13. The lowest BCUT2D eigenvalue weighted by atomic mass is 9.98. The van der Waals surface area contributed by atoms with Crippen LogP contribution in [0.15, 0.2) is 30.3 Å². The van der Waals surface area contributed by atoms with Gasteiger partial charge >= 0.3 is 0 Å². The molecule has 1 aromatic carbocycles. The molecule has 72 valence electrons. The maximum Gasteiger partial charge on any atom is 0.0612 e. The van der Waals surface area contributed by atoms with Crippen LogP contribution in [-0.2, 0) is 0 Å². The van der Waals surface area contributed by atoms with Crippen molar-refractivity contribution in [3.63, 3.8) is 0 Å². The van der Waals surface area contributed by atoms with Gasteiger partial charge in [0.05, 0.1) is 11.0 Å². The van der Waals surface area contributed by atoms with E-state index in [1.54, 1.807) is 13.8 Å². The van der Waals surface area contributed by atoms with Gasteiger partial charge in [-0.25, -0.2) is 0 Å². The van der Waals surface area contributed by atoms with Crippen LogP contribution in [0.4, 0.5) is 0 Å². The second-order valence-corrected chi connectivity index (χ2v) is 4.42. The van der Waals surface area contributed by atoms with Crippen LogP contribution in [0, 0.1) is 0 Å². The standard InChI is InChI=1S/C11H15ClO/c1-11(2,13)8-10(12)9-6-4-3-5-7-9/h3-7,10,13H,8H2,1-2H3. The second kappa shape index (κ2) is 4.12. The van der Waals surface area contributed by atoms with Gasteiger partial charge in [0.1, 0.15) is 0 Å². The fraction of sp³-hybridized carbons (Fsp3) is 0.455. The molecular weight excluding hydrogens is 184 g/mol. The molecule has 1 rings (SSSR count). The summed E-state index contributed by atoms with van der Waals surface area (Å²) in [6, 6.07) is 9.81. The third-order valence-electron chi connectivity index (χ3n) is 1.84. The van der Waals surface area contributed by atoms with E-state index in [9.17, 15) is 5.11 Å². The van der Waals surface area contributed by atoms with E-state index in [2.05, 4.69) is 0 Å².